The molecule has 0 amide bonds. The Hall–Kier alpha value is -4.28. The number of aromatic nitrogens is 6. The number of aromatic amines is 1. The number of halogens is 1. The molecule has 0 spiro atoms. The Morgan fingerprint density at radius 2 is 0.842 bits per heavy atom. The van der Waals surface area contributed by atoms with E-state index in [2.05, 4.69) is 84.8 Å². The van der Waals surface area contributed by atoms with E-state index < -0.39 is 28.7 Å². The van der Waals surface area contributed by atoms with Crippen molar-refractivity contribution in [3.8, 4) is 0 Å². The minimum absolute atomic E-state index is 0. The van der Waals surface area contributed by atoms with Gasteiger partial charge < -0.3 is 50.0 Å². The third-order valence-electron chi connectivity index (χ3n) is 32.6. The minimum Gasteiger partial charge on any atom is -0.870 e. The second-order valence-electron chi connectivity index (χ2n) is 37.8. The summed E-state index contributed by atoms with van der Waals surface area (Å²) in [6, 6.07) is 0. The number of carboxylic acids is 1. The minimum atomic E-state index is -1.02. The molecule has 23 nitrogen and oxygen atoms in total. The molecule has 3 aromatic rings. The average Bonchev–Trinajstić information content (AvgIpc) is 1.43. The number of carboxylic acid groups (broad SMARTS) is 1. The van der Waals surface area contributed by atoms with Crippen molar-refractivity contribution in [2.75, 3.05) is 59.7 Å². The van der Waals surface area contributed by atoms with Gasteiger partial charge in [-0.05, 0) is 303 Å². The maximum atomic E-state index is 13.5. The van der Waals surface area contributed by atoms with Crippen molar-refractivity contribution in [1.29, 1.82) is 0 Å². The molecule has 3 heterocycles. The first-order valence-corrected chi connectivity index (χ1v) is 43.2. The number of aliphatic hydroxyl groups excluding tert-OH is 1. The van der Waals surface area contributed by atoms with Crippen LogP contribution in [0.1, 0.15) is 277 Å². The molecule has 0 aliphatic heterocycles. The third kappa shape index (κ3) is 20.0. The zero-order valence-corrected chi connectivity index (χ0v) is 71.5. The molecule has 25 heteroatoms. The number of H-pyrrole nitrogens is 1. The average molecular weight is 1660 g/mol. The number of aryl methyl sites for hydroxylation is 1. The molecule has 3 aromatic heterocycles. The number of fused-ring (bicyclic) bond motifs is 15. The molecule has 114 heavy (non-hydrogen) atoms. The molecule has 12 fully saturated rings. The molecule has 0 bridgehead atoms. The molecule has 0 unspecified atom stereocenters. The summed E-state index contributed by atoms with van der Waals surface area (Å²) in [6.45, 7) is 22.5. The molecule has 640 valence electrons. The number of alkyl halides is 1. The van der Waals surface area contributed by atoms with E-state index in [1.54, 1.807) is 46.1 Å². The summed E-state index contributed by atoms with van der Waals surface area (Å²) < 4.78 is 24.2. The van der Waals surface area contributed by atoms with Gasteiger partial charge in [0.05, 0.1) is 91.4 Å². The molecule has 12 aliphatic rings. The molecule has 0 radical (unpaired) electrons. The number of Topliss-reactive ketones (excluding diaryl/α,β-unsaturated/α-hetero) is 3. The number of nitrogens with zero attached hydrogens (tertiary/aromatic N) is 5. The zero-order valence-electron chi connectivity index (χ0n) is 69.9. The van der Waals surface area contributed by atoms with E-state index in [0.717, 1.165) is 127 Å². The van der Waals surface area contributed by atoms with Gasteiger partial charge in [0.2, 0.25) is 0 Å². The monoisotopic (exact) mass is 1650 g/mol. The molecule has 15 rings (SSSR count). The van der Waals surface area contributed by atoms with E-state index in [9.17, 15) is 39.3 Å². The quantitative estimate of drug-likeness (QED) is 0.0391. The standard InChI is InChI=1S/C29H44N2O5.C27H40N2O5.C23H37BrO3.C5H8N2.C2H6O.CO2.2CH4.Li.H2O/c1-5-36-26(33)19-15-30-31(16-19)17-25(32)24-9-8-22-21-7-6-20-14-29(34,18-35-4)13-12-27(20,2)23(21)10-11-28(22,24)3;1-25-10-11-27(33,16-34-3)12-18(25)4-5-19-20-6-7-22(26(20,2)9-8-21(19)25)23(30)15-29-14-17(13-28-29)24(31)32;1-21-10-11-23(26,14-27-3)12-15(21)4-5-16-17-6-7-19(20(25)13-24)22(17,2)9-8-18(16)21;1-2-5-3-6-7-4-5;1-2-3;2-1-3;;;;/h15-16,20-24,34H,5-14,17-18H2,1-4H3;13-14,18-22,33H,4-12,15-16H2,1-3H3,(H,31,32);15-19,26H,4-14H2,1-3H3;3-4H,2H2,1H3,(H,6,7);3H,2H2,1H3;;2*1H4;;1H2/q;;;;;;;;+1;/p-1/t20-,21-,22-,23-,24+,27-,28-,29+;18-,19-,20-,21-,22+,25-,26-,27+;15-,16-,17-,18-,19+,21-,22-,23+;;;;;;;/m000......./s1. The predicted molar refractivity (Wildman–Crippen MR) is 433 cm³/mol. The number of aromatic carboxylic acids is 1. The Bertz CT molecular complexity index is 3630. The van der Waals surface area contributed by atoms with Gasteiger partial charge in [-0.1, -0.05) is 79.2 Å². The van der Waals surface area contributed by atoms with Crippen LogP contribution in [0.25, 0.3) is 0 Å². The SMILES string of the molecule is C.C.CCO.CCOC(=O)c1cnn(CC(=O)[C@H]2CC[C@H]3[C@@H]4CC[C@H]5C[C@@](O)(COC)CC[C@]5(C)[C@H]4CC[C@]23C)c1.CCc1cn[nH]c1.COC[C@@]1(O)CC[C@@]2(C)[C@@H](CC[C@@H]3[C@@H]2CC[C@]2(C)[C@@H](C(=O)CBr)CC[C@@H]32)C1.COC[C@@]1(O)CC[C@@]2(C)[C@@H](CC[C@@H]3[C@@H]2CC[C@]2(C)[C@@H](C(=O)Cn4cc(C(=O)O)cn4)CC[C@@H]32)C1.O=C=O.[Li+].[OH-]. The van der Waals surface area contributed by atoms with Gasteiger partial charge in [-0.25, -0.2) is 9.59 Å². The van der Waals surface area contributed by atoms with Crippen LogP contribution in [0.4, 0.5) is 0 Å². The van der Waals surface area contributed by atoms with Crippen LogP contribution in [0, 0.1) is 121 Å². The van der Waals surface area contributed by atoms with E-state index in [1.807, 2.05) is 12.4 Å². The molecule has 12 aliphatic carbocycles. The van der Waals surface area contributed by atoms with Crippen molar-refractivity contribution in [3.63, 3.8) is 0 Å². The van der Waals surface area contributed by atoms with Gasteiger partial charge in [-0.15, -0.1) is 0 Å². The topological polar surface area (TPSA) is 352 Å². The number of nitrogens with one attached hydrogen (secondary N) is 1. The second-order valence-corrected chi connectivity index (χ2v) is 38.4. The van der Waals surface area contributed by atoms with Crippen LogP contribution in [-0.2, 0) is 62.4 Å². The summed E-state index contributed by atoms with van der Waals surface area (Å²) >= 11 is 3.43. The molecule has 7 N–H and O–H groups in total. The number of ketones is 3. The Kier molecular flexibility index (Phi) is 35.3. The second kappa shape index (κ2) is 40.9. The van der Waals surface area contributed by atoms with E-state index >= 15 is 0 Å². The number of carbonyl (C=O) groups excluding carboxylic acids is 6. The first-order valence-electron chi connectivity index (χ1n) is 42.1. The summed E-state index contributed by atoms with van der Waals surface area (Å²) in [6.07, 6.45) is 40.2. The smallest absolute Gasteiger partial charge is 0.870 e. The van der Waals surface area contributed by atoms with Crippen molar-refractivity contribution < 1.29 is 102 Å². The van der Waals surface area contributed by atoms with Crippen molar-refractivity contribution in [2.24, 2.45) is 121 Å². The van der Waals surface area contributed by atoms with Crippen LogP contribution in [-0.4, -0.2) is 173 Å². The van der Waals surface area contributed by atoms with Crippen LogP contribution >= 0.6 is 15.9 Å². The van der Waals surface area contributed by atoms with E-state index in [4.69, 9.17) is 38.7 Å². The molecule has 0 aromatic carbocycles. The normalized spacial score (nSPS) is 39.3. The number of hydrogen-bond donors (Lipinski definition) is 6. The van der Waals surface area contributed by atoms with Crippen LogP contribution in [0.2, 0.25) is 0 Å². The fourth-order valence-corrected chi connectivity index (χ4v) is 27.6. The van der Waals surface area contributed by atoms with Crippen LogP contribution in [0.3, 0.4) is 0 Å². The fourth-order valence-electron chi connectivity index (χ4n) is 27.2. The van der Waals surface area contributed by atoms with Gasteiger partial charge in [-0.2, -0.15) is 24.9 Å². The van der Waals surface area contributed by atoms with E-state index in [1.165, 1.54) is 99.5 Å². The van der Waals surface area contributed by atoms with Crippen LogP contribution < -0.4 is 18.9 Å². The molecular weight excluding hydrogens is 1510 g/mol. The Morgan fingerprint density at radius 3 is 1.13 bits per heavy atom. The predicted octanol–water partition coefficient (Wildman–Crippen LogP) is 12.3. The zero-order chi connectivity index (χ0) is 80.0. The maximum Gasteiger partial charge on any atom is 1.00 e. The number of rotatable bonds is 18. The Balaban J connectivity index is 0.000000244. The number of esters is 1. The fraction of sp³-hybridized carbons (Fsp3) is 0.831. The first-order chi connectivity index (χ1) is 52.3. The van der Waals surface area contributed by atoms with Crippen LogP contribution in [0.5, 0.6) is 0 Å². The summed E-state index contributed by atoms with van der Waals surface area (Å²) in [5, 5.41) is 65.2. The number of aliphatic hydroxyl groups is 4. The van der Waals surface area contributed by atoms with Gasteiger partial charge in [-0.3, -0.25) is 28.8 Å². The van der Waals surface area contributed by atoms with Gasteiger partial charge in [0, 0.05) is 64.3 Å². The van der Waals surface area contributed by atoms with Crippen molar-refractivity contribution in [1.82, 2.24) is 29.8 Å². The van der Waals surface area contributed by atoms with Crippen molar-refractivity contribution in [2.45, 2.75) is 287 Å². The molecule has 12 saturated carbocycles. The number of hydrogen-bond acceptors (Lipinski definition) is 19. The molecular formula is C89H144BrLiN6O17. The first kappa shape index (κ1) is 98.5. The van der Waals surface area contributed by atoms with Gasteiger partial charge in [0.15, 0.2) is 11.6 Å². The number of carbonyl (C=O) groups is 5. The maximum absolute atomic E-state index is 13.5. The van der Waals surface area contributed by atoms with E-state index in [0.29, 0.717) is 102 Å². The van der Waals surface area contributed by atoms with E-state index in [-0.39, 0.29) is 127 Å². The van der Waals surface area contributed by atoms with Crippen molar-refractivity contribution >= 4 is 51.4 Å². The number of ether oxygens (including phenoxy) is 4. The number of methoxy groups -OCH3 is 3. The van der Waals surface area contributed by atoms with Gasteiger partial charge in [0.25, 0.3) is 0 Å². The summed E-state index contributed by atoms with van der Waals surface area (Å²) in [4.78, 5) is 78.9. The Morgan fingerprint density at radius 1 is 0.509 bits per heavy atom. The van der Waals surface area contributed by atoms with Crippen LogP contribution in [0.15, 0.2) is 37.2 Å². The van der Waals surface area contributed by atoms with Gasteiger partial charge >= 0.3 is 37.0 Å². The summed E-state index contributed by atoms with van der Waals surface area (Å²) in [7, 11) is 5.07. The summed E-state index contributed by atoms with van der Waals surface area (Å²) in [5.74, 6) is 7.71. The van der Waals surface area contributed by atoms with Crippen molar-refractivity contribution in [3.05, 3.63) is 53.9 Å². The Labute approximate surface area is 701 Å². The molecule has 0 saturated heterocycles. The molecule has 24 atom stereocenters. The third-order valence-corrected chi connectivity index (χ3v) is 33.2. The largest absolute Gasteiger partial charge is 1.00 e. The van der Waals surface area contributed by atoms with Gasteiger partial charge in [0.1, 0.15) is 5.78 Å². The summed E-state index contributed by atoms with van der Waals surface area (Å²) in [5.41, 5.74) is 1.04.